The van der Waals surface area contributed by atoms with Crippen molar-refractivity contribution in [1.82, 2.24) is 4.90 Å². The Labute approximate surface area is 181 Å². The molecule has 1 aromatic rings. The first-order valence-corrected chi connectivity index (χ1v) is 10.8. The maximum Gasteiger partial charge on any atom is 0.302 e. The molecular weight excluding hydrogens is 412 g/mol. The second-order valence-corrected chi connectivity index (χ2v) is 7.85. The highest BCUT2D eigenvalue weighted by Gasteiger charge is 2.25. The van der Waals surface area contributed by atoms with Crippen LogP contribution in [0.1, 0.15) is 68.1 Å². The van der Waals surface area contributed by atoms with Crippen LogP contribution in [0.3, 0.4) is 0 Å². The van der Waals surface area contributed by atoms with Gasteiger partial charge < -0.3 is 14.7 Å². The fourth-order valence-corrected chi connectivity index (χ4v) is 4.11. The van der Waals surface area contributed by atoms with Gasteiger partial charge in [-0.25, -0.2) is 0 Å². The van der Waals surface area contributed by atoms with Crippen LogP contribution in [0.15, 0.2) is 12.1 Å². The van der Waals surface area contributed by atoms with E-state index in [0.717, 1.165) is 32.1 Å². The van der Waals surface area contributed by atoms with Gasteiger partial charge in [-0.15, -0.1) is 0 Å². The third kappa shape index (κ3) is 6.67. The smallest absolute Gasteiger partial charge is 0.302 e. The molecule has 1 aromatic carbocycles. The van der Waals surface area contributed by atoms with Crippen LogP contribution >= 0.6 is 11.6 Å². The lowest BCUT2D eigenvalue weighted by atomic mass is 9.94. The average Bonchev–Trinajstić information content (AvgIpc) is 2.75. The number of rotatable bonds is 12. The van der Waals surface area contributed by atoms with Gasteiger partial charge in [0.25, 0.3) is 0 Å². The largest absolute Gasteiger partial charge is 0.493 e. The van der Waals surface area contributed by atoms with Gasteiger partial charge in [-0.2, -0.15) is 0 Å². The van der Waals surface area contributed by atoms with Gasteiger partial charge in [-0.3, -0.25) is 19.7 Å². The predicted molar refractivity (Wildman–Crippen MR) is 113 cm³/mol. The molecule has 2 rings (SSSR count). The van der Waals surface area contributed by atoms with E-state index in [1.807, 2.05) is 4.90 Å². The Morgan fingerprint density at radius 3 is 2.63 bits per heavy atom. The number of carbonyl (C=O) groups excluding carboxylic acids is 2. The number of amides is 1. The zero-order valence-corrected chi connectivity index (χ0v) is 17.8. The van der Waals surface area contributed by atoms with Crippen molar-refractivity contribution in [2.75, 3.05) is 19.8 Å². The first kappa shape index (κ1) is 24.1. The predicted octanol–water partition coefficient (Wildman–Crippen LogP) is 4.15. The highest BCUT2D eigenvalue weighted by molar-refractivity contribution is 6.33. The number of nitro groups is 1. The molecule has 0 radical (unpaired) electrons. The molecule has 9 heteroatoms. The molecule has 0 atom stereocenters. The normalized spacial score (nSPS) is 14.3. The number of aliphatic hydroxyl groups is 1. The Balaban J connectivity index is 1.77. The SMILES string of the molecule is O=Cc1c(OCCCCCC(=O)N(CCO)C2CCCCC2)ccc(Cl)c1[N+](=O)[O-]. The lowest BCUT2D eigenvalue weighted by molar-refractivity contribution is -0.385. The zero-order valence-electron chi connectivity index (χ0n) is 17.1. The number of ether oxygens (including phenoxy) is 1. The topological polar surface area (TPSA) is 110 Å². The van der Waals surface area contributed by atoms with Gasteiger partial charge in [-0.1, -0.05) is 30.9 Å². The summed E-state index contributed by atoms with van der Waals surface area (Å²) in [5, 5.41) is 20.3. The van der Waals surface area contributed by atoms with Crippen molar-refractivity contribution in [2.24, 2.45) is 0 Å². The quantitative estimate of drug-likeness (QED) is 0.226. The molecule has 30 heavy (non-hydrogen) atoms. The molecule has 1 N–H and O–H groups in total. The first-order chi connectivity index (χ1) is 14.5. The van der Waals surface area contributed by atoms with Crippen LogP contribution in [-0.4, -0.2) is 52.9 Å². The maximum atomic E-state index is 12.6. The van der Waals surface area contributed by atoms with Gasteiger partial charge in [0.1, 0.15) is 16.3 Å². The molecule has 0 saturated heterocycles. The molecule has 0 unspecified atom stereocenters. The van der Waals surface area contributed by atoms with E-state index in [9.17, 15) is 24.8 Å². The van der Waals surface area contributed by atoms with Crippen molar-refractivity contribution in [2.45, 2.75) is 63.8 Å². The molecule has 0 aliphatic heterocycles. The molecule has 1 saturated carbocycles. The lowest BCUT2D eigenvalue weighted by Crippen LogP contribution is -2.43. The van der Waals surface area contributed by atoms with Crippen molar-refractivity contribution >= 4 is 29.5 Å². The summed E-state index contributed by atoms with van der Waals surface area (Å²) in [5.74, 6) is 0.206. The van der Waals surface area contributed by atoms with Gasteiger partial charge >= 0.3 is 5.69 Å². The van der Waals surface area contributed by atoms with Gasteiger partial charge in [0.05, 0.1) is 18.1 Å². The summed E-state index contributed by atoms with van der Waals surface area (Å²) in [6, 6.07) is 3.02. The summed E-state index contributed by atoms with van der Waals surface area (Å²) in [6.45, 7) is 0.635. The van der Waals surface area contributed by atoms with Crippen molar-refractivity contribution in [3.63, 3.8) is 0 Å². The molecular formula is C21H29ClN2O6. The fraction of sp³-hybridized carbons (Fsp3) is 0.619. The van der Waals surface area contributed by atoms with Crippen molar-refractivity contribution in [1.29, 1.82) is 0 Å². The Morgan fingerprint density at radius 1 is 1.27 bits per heavy atom. The molecule has 0 spiro atoms. The number of hydrogen-bond acceptors (Lipinski definition) is 6. The molecule has 1 fully saturated rings. The maximum absolute atomic E-state index is 12.6. The molecule has 166 valence electrons. The Bertz CT molecular complexity index is 736. The van der Waals surface area contributed by atoms with Crippen LogP contribution in [0.5, 0.6) is 5.75 Å². The third-order valence-corrected chi connectivity index (χ3v) is 5.70. The number of nitro benzene ring substituents is 1. The number of aliphatic hydroxyl groups excluding tert-OH is 1. The first-order valence-electron chi connectivity index (χ1n) is 10.4. The van der Waals surface area contributed by atoms with Crippen LogP contribution in [0, 0.1) is 10.1 Å². The minimum atomic E-state index is -0.699. The molecule has 8 nitrogen and oxygen atoms in total. The van der Waals surface area contributed by atoms with E-state index in [0.29, 0.717) is 32.1 Å². The van der Waals surface area contributed by atoms with E-state index in [-0.39, 0.29) is 41.5 Å². The van der Waals surface area contributed by atoms with E-state index < -0.39 is 10.6 Å². The standard InChI is InChI=1S/C21H29ClN2O6/c22-18-10-11-19(17(15-26)21(18)24(28)29)30-14-6-2-5-9-20(27)23(12-13-25)16-7-3-1-4-8-16/h10-11,15-16,25H,1-9,12-14H2. The van der Waals surface area contributed by atoms with Crippen molar-refractivity contribution < 1.29 is 24.4 Å². The number of halogens is 1. The summed E-state index contributed by atoms with van der Waals surface area (Å²) in [5.41, 5.74) is -0.628. The second kappa shape index (κ2) is 12.5. The monoisotopic (exact) mass is 440 g/mol. The number of benzene rings is 1. The number of unbranched alkanes of at least 4 members (excludes halogenated alkanes) is 2. The van der Waals surface area contributed by atoms with Gasteiger partial charge in [-0.05, 0) is 44.2 Å². The van der Waals surface area contributed by atoms with E-state index in [1.54, 1.807) is 0 Å². The number of nitrogens with zero attached hydrogens (tertiary/aromatic N) is 2. The Morgan fingerprint density at radius 2 is 2.00 bits per heavy atom. The summed E-state index contributed by atoms with van der Waals surface area (Å²) >= 11 is 5.80. The number of hydrogen-bond donors (Lipinski definition) is 1. The van der Waals surface area contributed by atoms with E-state index in [4.69, 9.17) is 16.3 Å². The summed E-state index contributed by atoms with van der Waals surface area (Å²) in [6.07, 6.45) is 8.35. The van der Waals surface area contributed by atoms with Gasteiger partial charge in [0, 0.05) is 19.0 Å². The van der Waals surface area contributed by atoms with E-state index >= 15 is 0 Å². The summed E-state index contributed by atoms with van der Waals surface area (Å²) in [7, 11) is 0. The third-order valence-electron chi connectivity index (χ3n) is 5.40. The average molecular weight is 441 g/mol. The van der Waals surface area contributed by atoms with Gasteiger partial charge in [0.15, 0.2) is 6.29 Å². The van der Waals surface area contributed by atoms with Crippen LogP contribution in [0.25, 0.3) is 0 Å². The molecule has 1 amide bonds. The highest BCUT2D eigenvalue weighted by Crippen LogP contribution is 2.34. The van der Waals surface area contributed by atoms with Crippen molar-refractivity contribution in [3.05, 3.63) is 32.8 Å². The molecule has 0 aromatic heterocycles. The van der Waals surface area contributed by atoms with Crippen LogP contribution < -0.4 is 4.74 Å². The van der Waals surface area contributed by atoms with Gasteiger partial charge in [0.2, 0.25) is 5.91 Å². The van der Waals surface area contributed by atoms with Crippen molar-refractivity contribution in [3.8, 4) is 5.75 Å². The lowest BCUT2D eigenvalue weighted by Gasteiger charge is -2.34. The van der Waals surface area contributed by atoms with Crippen LogP contribution in [0.2, 0.25) is 5.02 Å². The Kier molecular flexibility index (Phi) is 10.0. The molecule has 0 heterocycles. The van der Waals surface area contributed by atoms with E-state index in [1.165, 1.54) is 18.6 Å². The zero-order chi connectivity index (χ0) is 21.9. The minimum Gasteiger partial charge on any atom is -0.493 e. The second-order valence-electron chi connectivity index (χ2n) is 7.44. The summed E-state index contributed by atoms with van der Waals surface area (Å²) < 4.78 is 5.54. The van der Waals surface area contributed by atoms with Crippen LogP contribution in [-0.2, 0) is 4.79 Å². The molecule has 1 aliphatic carbocycles. The highest BCUT2D eigenvalue weighted by atomic mass is 35.5. The fourth-order valence-electron chi connectivity index (χ4n) is 3.88. The summed E-state index contributed by atoms with van der Waals surface area (Å²) in [4.78, 5) is 36.1. The molecule has 0 bridgehead atoms. The van der Waals surface area contributed by atoms with Crippen LogP contribution in [0.4, 0.5) is 5.69 Å². The number of aldehydes is 1. The Hall–Kier alpha value is -2.19. The number of carbonyl (C=O) groups is 2. The minimum absolute atomic E-state index is 0.0254. The van der Waals surface area contributed by atoms with E-state index in [2.05, 4.69) is 0 Å². The molecule has 1 aliphatic rings.